The Hall–Kier alpha value is -2.05. The van der Waals surface area contributed by atoms with Crippen molar-refractivity contribution in [3.05, 3.63) is 58.2 Å². The number of carboxylic acids is 1. The fraction of sp³-hybridized carbons (Fsp3) is 0.0625. The van der Waals surface area contributed by atoms with Gasteiger partial charge in [-0.15, -0.1) is 0 Å². The van der Waals surface area contributed by atoms with Crippen molar-refractivity contribution in [3.8, 4) is 0 Å². The van der Waals surface area contributed by atoms with Crippen LogP contribution in [0, 0.1) is 18.6 Å². The van der Waals surface area contributed by atoms with Crippen LogP contribution in [0.2, 0.25) is 5.02 Å². The van der Waals surface area contributed by atoms with Crippen LogP contribution in [0.15, 0.2) is 40.1 Å². The number of fused-ring (bicyclic) bond motifs is 1. The molecule has 0 saturated heterocycles. The molecule has 7 heteroatoms. The van der Waals surface area contributed by atoms with Gasteiger partial charge in [-0.3, -0.25) is 0 Å². The second-order valence-electron chi connectivity index (χ2n) is 4.89. The summed E-state index contributed by atoms with van der Waals surface area (Å²) in [6.07, 6.45) is 0. The lowest BCUT2D eigenvalue weighted by Gasteiger charge is -2.06. The summed E-state index contributed by atoms with van der Waals surface area (Å²) in [4.78, 5) is 14.7. The zero-order valence-corrected chi connectivity index (χ0v) is 13.4. The molecule has 3 rings (SSSR count). The monoisotopic (exact) mass is 353 g/mol. The van der Waals surface area contributed by atoms with Crippen molar-refractivity contribution < 1.29 is 18.7 Å². The molecule has 0 bridgehead atoms. The number of nitrogens with one attached hydrogen (secondary N) is 1. The largest absolute Gasteiger partial charge is 0.478 e. The van der Waals surface area contributed by atoms with E-state index in [1.165, 1.54) is 24.3 Å². The normalized spacial score (nSPS) is 11.1. The van der Waals surface area contributed by atoms with Gasteiger partial charge >= 0.3 is 5.97 Å². The number of rotatable bonds is 3. The SMILES string of the molecule is Cc1[nH]c2c(F)c(Cl)ccc2c1Sc1cccc(C(=O)O)c1F. The molecule has 0 spiro atoms. The molecule has 23 heavy (non-hydrogen) atoms. The van der Waals surface area contributed by atoms with E-state index in [-0.39, 0.29) is 15.4 Å². The average Bonchev–Trinajstić information content (AvgIpc) is 2.82. The number of halogens is 3. The van der Waals surface area contributed by atoms with E-state index in [2.05, 4.69) is 4.98 Å². The highest BCUT2D eigenvalue weighted by molar-refractivity contribution is 7.99. The number of aryl methyl sites for hydroxylation is 1. The molecule has 0 atom stereocenters. The zero-order valence-electron chi connectivity index (χ0n) is 11.8. The van der Waals surface area contributed by atoms with Gasteiger partial charge < -0.3 is 10.1 Å². The van der Waals surface area contributed by atoms with Gasteiger partial charge in [0.1, 0.15) is 0 Å². The van der Waals surface area contributed by atoms with E-state index in [9.17, 15) is 13.6 Å². The first-order chi connectivity index (χ1) is 10.9. The minimum atomic E-state index is -1.33. The van der Waals surface area contributed by atoms with Gasteiger partial charge in [-0.05, 0) is 31.2 Å². The summed E-state index contributed by atoms with van der Waals surface area (Å²) in [6.45, 7) is 1.73. The van der Waals surface area contributed by atoms with Crippen LogP contribution in [0.5, 0.6) is 0 Å². The second kappa shape index (κ2) is 5.86. The number of aromatic nitrogens is 1. The molecule has 1 heterocycles. The molecule has 0 aliphatic carbocycles. The number of hydrogen-bond donors (Lipinski definition) is 2. The first-order valence-corrected chi connectivity index (χ1v) is 7.75. The van der Waals surface area contributed by atoms with E-state index in [1.807, 2.05) is 0 Å². The Morgan fingerprint density at radius 1 is 1.22 bits per heavy atom. The molecular weight excluding hydrogens is 344 g/mol. The van der Waals surface area contributed by atoms with Crippen molar-refractivity contribution in [3.63, 3.8) is 0 Å². The lowest BCUT2D eigenvalue weighted by Crippen LogP contribution is -2.01. The van der Waals surface area contributed by atoms with Crippen LogP contribution in [-0.4, -0.2) is 16.1 Å². The minimum Gasteiger partial charge on any atom is -0.478 e. The van der Waals surface area contributed by atoms with Gasteiger partial charge in [0.15, 0.2) is 11.6 Å². The molecule has 2 N–H and O–H groups in total. The van der Waals surface area contributed by atoms with Gasteiger partial charge in [-0.2, -0.15) is 0 Å². The molecule has 118 valence electrons. The molecule has 0 unspecified atom stereocenters. The van der Waals surface area contributed by atoms with Crippen LogP contribution in [0.25, 0.3) is 10.9 Å². The Labute approximate surface area is 139 Å². The summed E-state index contributed by atoms with van der Waals surface area (Å²) >= 11 is 6.81. The molecule has 0 aliphatic rings. The van der Waals surface area contributed by atoms with E-state index in [0.29, 0.717) is 16.0 Å². The second-order valence-corrected chi connectivity index (χ2v) is 6.35. The number of benzene rings is 2. The molecule has 3 nitrogen and oxygen atoms in total. The summed E-state index contributed by atoms with van der Waals surface area (Å²) < 4.78 is 28.3. The lowest BCUT2D eigenvalue weighted by atomic mass is 10.2. The minimum absolute atomic E-state index is 0.00523. The first-order valence-electron chi connectivity index (χ1n) is 6.56. The number of hydrogen-bond acceptors (Lipinski definition) is 2. The van der Waals surface area contributed by atoms with Gasteiger partial charge in [-0.1, -0.05) is 29.4 Å². The highest BCUT2D eigenvalue weighted by Gasteiger charge is 2.19. The Bertz CT molecular complexity index is 939. The van der Waals surface area contributed by atoms with Crippen LogP contribution >= 0.6 is 23.4 Å². The fourth-order valence-corrected chi connectivity index (χ4v) is 3.51. The van der Waals surface area contributed by atoms with Gasteiger partial charge in [0.05, 0.1) is 16.1 Å². The predicted molar refractivity (Wildman–Crippen MR) is 85.5 cm³/mol. The van der Waals surface area contributed by atoms with Gasteiger partial charge in [0.25, 0.3) is 0 Å². The zero-order chi connectivity index (χ0) is 16.7. The third-order valence-corrected chi connectivity index (χ3v) is 4.96. The summed E-state index contributed by atoms with van der Waals surface area (Å²) in [5.74, 6) is -2.72. The molecule has 2 aromatic carbocycles. The number of H-pyrrole nitrogens is 1. The Balaban J connectivity index is 2.13. The third kappa shape index (κ3) is 2.68. The van der Waals surface area contributed by atoms with Crippen molar-refractivity contribution in [2.75, 3.05) is 0 Å². The predicted octanol–water partition coefficient (Wildman–Crippen LogP) is 5.26. The van der Waals surface area contributed by atoms with Gasteiger partial charge in [0.2, 0.25) is 0 Å². The molecule has 0 fully saturated rings. The summed E-state index contributed by atoms with van der Waals surface area (Å²) in [5, 5.41) is 9.55. The van der Waals surface area contributed by atoms with E-state index in [0.717, 1.165) is 11.8 Å². The highest BCUT2D eigenvalue weighted by Crippen LogP contribution is 2.39. The van der Waals surface area contributed by atoms with Crippen LogP contribution < -0.4 is 0 Å². The lowest BCUT2D eigenvalue weighted by molar-refractivity contribution is 0.0691. The van der Waals surface area contributed by atoms with E-state index in [1.54, 1.807) is 13.0 Å². The maximum absolute atomic E-state index is 14.3. The molecule has 0 saturated carbocycles. The molecule has 1 aromatic heterocycles. The Kier molecular flexibility index (Phi) is 4.04. The molecule has 3 aromatic rings. The van der Waals surface area contributed by atoms with E-state index in [4.69, 9.17) is 16.7 Å². The molecular formula is C16H10ClF2NO2S. The van der Waals surface area contributed by atoms with E-state index >= 15 is 0 Å². The smallest absolute Gasteiger partial charge is 0.338 e. The summed E-state index contributed by atoms with van der Waals surface area (Å²) in [6, 6.07) is 7.23. The molecule has 0 aliphatic heterocycles. The van der Waals surface area contributed by atoms with Crippen LogP contribution in [0.3, 0.4) is 0 Å². The van der Waals surface area contributed by atoms with E-state index < -0.39 is 23.2 Å². The highest BCUT2D eigenvalue weighted by atomic mass is 35.5. The average molecular weight is 354 g/mol. The molecule has 0 amide bonds. The van der Waals surface area contributed by atoms with Gasteiger partial charge in [0, 0.05) is 20.9 Å². The summed E-state index contributed by atoms with van der Waals surface area (Å²) in [7, 11) is 0. The molecule has 0 radical (unpaired) electrons. The van der Waals surface area contributed by atoms with Crippen LogP contribution in [0.4, 0.5) is 8.78 Å². The maximum atomic E-state index is 14.3. The topological polar surface area (TPSA) is 53.1 Å². The van der Waals surface area contributed by atoms with Crippen molar-refractivity contribution in [1.82, 2.24) is 4.98 Å². The van der Waals surface area contributed by atoms with Crippen molar-refractivity contribution in [2.45, 2.75) is 16.7 Å². The van der Waals surface area contributed by atoms with Crippen molar-refractivity contribution >= 4 is 40.2 Å². The maximum Gasteiger partial charge on any atom is 0.338 e. The number of aromatic amines is 1. The van der Waals surface area contributed by atoms with Crippen molar-refractivity contribution in [1.29, 1.82) is 0 Å². The standard InChI is InChI=1S/C16H10ClF2NO2S/c1-7-15(9-5-6-10(17)13(19)14(9)20-7)23-11-4-2-3-8(12(11)18)16(21)22/h2-6,20H,1H3,(H,21,22). The fourth-order valence-electron chi connectivity index (χ4n) is 2.30. The number of carboxylic acid groups (broad SMARTS) is 1. The van der Waals surface area contributed by atoms with Crippen LogP contribution in [-0.2, 0) is 0 Å². The van der Waals surface area contributed by atoms with Gasteiger partial charge in [-0.25, -0.2) is 13.6 Å². The Morgan fingerprint density at radius 3 is 2.65 bits per heavy atom. The van der Waals surface area contributed by atoms with Crippen LogP contribution in [0.1, 0.15) is 16.1 Å². The summed E-state index contributed by atoms with van der Waals surface area (Å²) in [5.41, 5.74) is 0.486. The number of carbonyl (C=O) groups is 1. The van der Waals surface area contributed by atoms with Crippen molar-refractivity contribution in [2.24, 2.45) is 0 Å². The Morgan fingerprint density at radius 2 is 1.96 bits per heavy atom. The number of aromatic carboxylic acids is 1. The quantitative estimate of drug-likeness (QED) is 0.675. The third-order valence-electron chi connectivity index (χ3n) is 3.40. The first kappa shape index (κ1) is 15.8.